The van der Waals surface area contributed by atoms with Gasteiger partial charge in [-0.2, -0.15) is 0 Å². The first-order valence-corrected chi connectivity index (χ1v) is 8.24. The monoisotopic (exact) mass is 283 g/mol. The minimum atomic E-state index is -3.66. The molecule has 19 heavy (non-hydrogen) atoms. The average molecular weight is 283 g/mol. The van der Waals surface area contributed by atoms with Crippen LogP contribution >= 0.6 is 0 Å². The molecular weight excluding hydrogens is 262 g/mol. The molecule has 0 spiro atoms. The maximum atomic E-state index is 11.4. The predicted octanol–water partition coefficient (Wildman–Crippen LogP) is 2.66. The zero-order valence-electron chi connectivity index (χ0n) is 11.5. The summed E-state index contributed by atoms with van der Waals surface area (Å²) in [5.74, 6) is 0.775. The van der Waals surface area contributed by atoms with E-state index in [0.29, 0.717) is 5.56 Å². The summed E-state index contributed by atoms with van der Waals surface area (Å²) < 4.78 is 28.9. The Morgan fingerprint density at radius 2 is 1.74 bits per heavy atom. The van der Waals surface area contributed by atoms with Crippen LogP contribution in [0.25, 0.3) is 0 Å². The Bertz CT molecular complexity index is 560. The van der Waals surface area contributed by atoms with E-state index < -0.39 is 10.0 Å². The van der Waals surface area contributed by atoms with Crippen molar-refractivity contribution in [2.24, 2.45) is 5.14 Å². The fraction of sp³-hybridized carbons (Fsp3) is 0.571. The number of primary sulfonamides is 1. The van der Waals surface area contributed by atoms with Crippen LogP contribution in [-0.4, -0.2) is 14.5 Å². The van der Waals surface area contributed by atoms with Crippen molar-refractivity contribution in [2.45, 2.75) is 57.0 Å². The minimum Gasteiger partial charge on any atom is -0.490 e. The van der Waals surface area contributed by atoms with Gasteiger partial charge in [0.05, 0.1) is 11.0 Å². The molecule has 1 aliphatic carbocycles. The molecule has 2 N–H and O–H groups in total. The van der Waals surface area contributed by atoms with E-state index in [2.05, 4.69) is 0 Å². The maximum absolute atomic E-state index is 11.4. The SMILES string of the molecule is Cc1c(OC2CCCCC2)ccc(S(N)(=O)=O)c1C. The van der Waals surface area contributed by atoms with Crippen LogP contribution < -0.4 is 9.88 Å². The highest BCUT2D eigenvalue weighted by Crippen LogP contribution is 2.30. The van der Waals surface area contributed by atoms with Gasteiger partial charge in [0.1, 0.15) is 5.75 Å². The molecule has 0 aliphatic heterocycles. The van der Waals surface area contributed by atoms with E-state index in [0.717, 1.165) is 24.2 Å². The van der Waals surface area contributed by atoms with Gasteiger partial charge in [0.25, 0.3) is 0 Å². The number of sulfonamides is 1. The van der Waals surface area contributed by atoms with Gasteiger partial charge in [0.2, 0.25) is 10.0 Å². The summed E-state index contributed by atoms with van der Waals surface area (Å²) in [6.45, 7) is 3.64. The van der Waals surface area contributed by atoms with Crippen LogP contribution in [0.2, 0.25) is 0 Å². The molecule has 0 heterocycles. The Balaban J connectivity index is 2.26. The Labute approximate surface area is 115 Å². The quantitative estimate of drug-likeness (QED) is 0.927. The van der Waals surface area contributed by atoms with Gasteiger partial charge in [-0.1, -0.05) is 6.42 Å². The highest BCUT2D eigenvalue weighted by atomic mass is 32.2. The topological polar surface area (TPSA) is 69.4 Å². The molecule has 1 saturated carbocycles. The summed E-state index contributed by atoms with van der Waals surface area (Å²) in [5, 5.41) is 5.19. The molecule has 0 unspecified atom stereocenters. The minimum absolute atomic E-state index is 0.181. The molecule has 0 amide bonds. The van der Waals surface area contributed by atoms with Gasteiger partial charge in [-0.3, -0.25) is 0 Å². The van der Waals surface area contributed by atoms with Crippen LogP contribution in [0.5, 0.6) is 5.75 Å². The van der Waals surface area contributed by atoms with E-state index >= 15 is 0 Å². The zero-order chi connectivity index (χ0) is 14.0. The molecule has 0 atom stereocenters. The molecule has 106 valence electrons. The van der Waals surface area contributed by atoms with E-state index in [1.807, 2.05) is 6.92 Å². The lowest BCUT2D eigenvalue weighted by Gasteiger charge is -2.24. The first kappa shape index (κ1) is 14.3. The van der Waals surface area contributed by atoms with Crippen LogP contribution in [0.15, 0.2) is 17.0 Å². The van der Waals surface area contributed by atoms with Crippen LogP contribution in [0.1, 0.15) is 43.2 Å². The molecule has 1 fully saturated rings. The number of rotatable bonds is 3. The number of nitrogens with two attached hydrogens (primary N) is 1. The summed E-state index contributed by atoms with van der Waals surface area (Å²) in [7, 11) is -3.66. The third-order valence-electron chi connectivity index (χ3n) is 3.84. The second-order valence-corrected chi connectivity index (χ2v) is 6.76. The highest BCUT2D eigenvalue weighted by Gasteiger charge is 2.19. The molecule has 0 radical (unpaired) electrons. The molecule has 5 heteroatoms. The zero-order valence-corrected chi connectivity index (χ0v) is 12.3. The molecule has 2 rings (SSSR count). The Morgan fingerprint density at radius 3 is 2.32 bits per heavy atom. The summed E-state index contributed by atoms with van der Waals surface area (Å²) in [4.78, 5) is 0.181. The number of benzene rings is 1. The summed E-state index contributed by atoms with van der Waals surface area (Å²) in [5.41, 5.74) is 1.54. The van der Waals surface area contributed by atoms with Crippen LogP contribution in [0.4, 0.5) is 0 Å². The fourth-order valence-corrected chi connectivity index (χ4v) is 3.41. The van der Waals surface area contributed by atoms with Crippen molar-refractivity contribution in [3.05, 3.63) is 23.3 Å². The molecule has 1 aromatic carbocycles. The Kier molecular flexibility index (Phi) is 4.16. The van der Waals surface area contributed by atoms with Gasteiger partial charge < -0.3 is 4.74 Å². The van der Waals surface area contributed by atoms with Crippen molar-refractivity contribution in [2.75, 3.05) is 0 Å². The number of hydrogen-bond acceptors (Lipinski definition) is 3. The first-order valence-electron chi connectivity index (χ1n) is 6.69. The van der Waals surface area contributed by atoms with Gasteiger partial charge in [-0.15, -0.1) is 0 Å². The van der Waals surface area contributed by atoms with Crippen molar-refractivity contribution in [1.82, 2.24) is 0 Å². The molecule has 0 bridgehead atoms. The van der Waals surface area contributed by atoms with E-state index in [-0.39, 0.29) is 11.0 Å². The molecule has 1 aromatic rings. The summed E-state index contributed by atoms with van der Waals surface area (Å²) in [6.07, 6.45) is 6.11. The van der Waals surface area contributed by atoms with Gasteiger partial charge in [-0.25, -0.2) is 13.6 Å². The average Bonchev–Trinajstić information content (AvgIpc) is 2.35. The molecular formula is C14H21NO3S. The summed E-state index contributed by atoms with van der Waals surface area (Å²) in [6, 6.07) is 3.26. The second kappa shape index (κ2) is 5.51. The lowest BCUT2D eigenvalue weighted by molar-refractivity contribution is 0.154. The normalized spacial score (nSPS) is 17.4. The van der Waals surface area contributed by atoms with Gasteiger partial charge in [0.15, 0.2) is 0 Å². The maximum Gasteiger partial charge on any atom is 0.238 e. The molecule has 4 nitrogen and oxygen atoms in total. The number of hydrogen-bond donors (Lipinski definition) is 1. The largest absolute Gasteiger partial charge is 0.490 e. The number of ether oxygens (including phenoxy) is 1. The fourth-order valence-electron chi connectivity index (χ4n) is 2.57. The molecule has 0 saturated heterocycles. The van der Waals surface area contributed by atoms with E-state index in [4.69, 9.17) is 9.88 Å². The van der Waals surface area contributed by atoms with E-state index in [1.54, 1.807) is 13.0 Å². The third-order valence-corrected chi connectivity index (χ3v) is 4.90. The van der Waals surface area contributed by atoms with Crippen molar-refractivity contribution in [1.29, 1.82) is 0 Å². The van der Waals surface area contributed by atoms with Crippen LogP contribution in [-0.2, 0) is 10.0 Å². The first-order chi connectivity index (χ1) is 8.89. The van der Waals surface area contributed by atoms with Gasteiger partial charge in [-0.05, 0) is 62.8 Å². The smallest absolute Gasteiger partial charge is 0.238 e. The van der Waals surface area contributed by atoms with Crippen molar-refractivity contribution in [3.63, 3.8) is 0 Å². The lowest BCUT2D eigenvalue weighted by atomic mass is 9.97. The van der Waals surface area contributed by atoms with Gasteiger partial charge in [0, 0.05) is 0 Å². The predicted molar refractivity (Wildman–Crippen MR) is 74.8 cm³/mol. The second-order valence-electron chi connectivity index (χ2n) is 5.23. The van der Waals surface area contributed by atoms with Crippen LogP contribution in [0.3, 0.4) is 0 Å². The highest BCUT2D eigenvalue weighted by molar-refractivity contribution is 7.89. The van der Waals surface area contributed by atoms with E-state index in [9.17, 15) is 8.42 Å². The Morgan fingerprint density at radius 1 is 1.11 bits per heavy atom. The summed E-state index contributed by atoms with van der Waals surface area (Å²) >= 11 is 0. The van der Waals surface area contributed by atoms with Gasteiger partial charge >= 0.3 is 0 Å². The third kappa shape index (κ3) is 3.28. The van der Waals surface area contributed by atoms with Crippen molar-refractivity contribution < 1.29 is 13.2 Å². The van der Waals surface area contributed by atoms with E-state index in [1.165, 1.54) is 25.3 Å². The lowest BCUT2D eigenvalue weighted by Crippen LogP contribution is -2.20. The molecule has 0 aromatic heterocycles. The van der Waals surface area contributed by atoms with Crippen molar-refractivity contribution >= 4 is 10.0 Å². The standard InChI is InChI=1S/C14H21NO3S/c1-10-11(2)14(19(15,16)17)9-8-13(10)18-12-6-4-3-5-7-12/h8-9,12H,3-7H2,1-2H3,(H2,15,16,17). The van der Waals surface area contributed by atoms with Crippen LogP contribution in [0, 0.1) is 13.8 Å². The Hall–Kier alpha value is -1.07. The van der Waals surface area contributed by atoms with Crippen molar-refractivity contribution in [3.8, 4) is 5.75 Å². The molecule has 1 aliphatic rings.